The van der Waals surface area contributed by atoms with Crippen LogP contribution in [0.4, 0.5) is 5.69 Å². The molecule has 6 heteroatoms. The van der Waals surface area contributed by atoms with Crippen LogP contribution in [0.1, 0.15) is 17.2 Å². The van der Waals surface area contributed by atoms with Crippen molar-refractivity contribution >= 4 is 5.69 Å². The Morgan fingerprint density at radius 2 is 1.79 bits per heavy atom. The zero-order valence-corrected chi connectivity index (χ0v) is 13.5. The molecule has 2 aromatic rings. The molecule has 5 nitrogen and oxygen atoms in total. The van der Waals surface area contributed by atoms with Gasteiger partial charge in [0.15, 0.2) is 0 Å². The van der Waals surface area contributed by atoms with Gasteiger partial charge < -0.3 is 10.2 Å². The number of rotatable bonds is 3. The van der Waals surface area contributed by atoms with Gasteiger partial charge in [0.05, 0.1) is 10.5 Å². The van der Waals surface area contributed by atoms with Crippen LogP contribution in [0.15, 0.2) is 48.5 Å². The van der Waals surface area contributed by atoms with Gasteiger partial charge in [0.2, 0.25) is 0 Å². The molecule has 19 heavy (non-hydrogen) atoms. The summed E-state index contributed by atoms with van der Waals surface area (Å²) in [5, 5.41) is 30.3. The molecule has 1 atom stereocenters. The van der Waals surface area contributed by atoms with E-state index >= 15 is 0 Å². The van der Waals surface area contributed by atoms with Crippen LogP contribution in [0.2, 0.25) is 0 Å². The summed E-state index contributed by atoms with van der Waals surface area (Å²) >= 11 is 0. The van der Waals surface area contributed by atoms with E-state index in [1.807, 2.05) is 0 Å². The predicted molar refractivity (Wildman–Crippen MR) is 65.3 cm³/mol. The first kappa shape index (κ1) is 16.3. The topological polar surface area (TPSA) is 83.6 Å². The van der Waals surface area contributed by atoms with E-state index < -0.39 is 11.0 Å². The van der Waals surface area contributed by atoms with E-state index in [2.05, 4.69) is 0 Å². The van der Waals surface area contributed by atoms with E-state index in [0.29, 0.717) is 5.56 Å². The van der Waals surface area contributed by atoms with Crippen molar-refractivity contribution in [3.05, 3.63) is 69.8 Å². The largest absolute Gasteiger partial charge is 1.00 e. The molecule has 0 saturated heterocycles. The van der Waals surface area contributed by atoms with Crippen LogP contribution in [0, 0.1) is 10.1 Å². The summed E-state index contributed by atoms with van der Waals surface area (Å²) in [6.45, 7) is 0. The van der Waals surface area contributed by atoms with Gasteiger partial charge in [-0.05, 0) is 23.8 Å². The van der Waals surface area contributed by atoms with Crippen molar-refractivity contribution in [3.63, 3.8) is 0 Å². The standard InChI is InChI=1S/C13H11NO4.K/c15-10-5-3-4-9(8-10)13(16)11-6-1-2-7-12(11)14(17)18;/h1-8,13,15-16H;/q;+1. The molecule has 2 N–H and O–H groups in total. The van der Waals surface area contributed by atoms with E-state index in [0.717, 1.165) is 0 Å². The van der Waals surface area contributed by atoms with E-state index in [9.17, 15) is 20.3 Å². The summed E-state index contributed by atoms with van der Waals surface area (Å²) in [6, 6.07) is 12.0. The number of phenolic OH excluding ortho intramolecular Hbond substituents is 1. The molecule has 0 amide bonds. The minimum Gasteiger partial charge on any atom is -0.508 e. The molecule has 0 aliphatic carbocycles. The molecular weight excluding hydrogens is 273 g/mol. The van der Waals surface area contributed by atoms with Crippen molar-refractivity contribution in [1.29, 1.82) is 0 Å². The van der Waals surface area contributed by atoms with Crippen molar-refractivity contribution in [2.45, 2.75) is 6.10 Å². The number of nitro benzene ring substituents is 1. The number of aliphatic hydroxyl groups excluding tert-OH is 1. The minimum absolute atomic E-state index is 0. The average Bonchev–Trinajstić information content (AvgIpc) is 2.38. The number of benzene rings is 2. The molecular formula is C13H11KNO4+. The molecule has 0 saturated carbocycles. The van der Waals surface area contributed by atoms with Gasteiger partial charge in [0.1, 0.15) is 11.9 Å². The van der Waals surface area contributed by atoms with E-state index in [1.54, 1.807) is 18.2 Å². The molecule has 0 aromatic heterocycles. The first-order chi connectivity index (χ1) is 8.59. The molecule has 2 rings (SSSR count). The Morgan fingerprint density at radius 3 is 2.42 bits per heavy atom. The number of para-hydroxylation sites is 1. The maximum Gasteiger partial charge on any atom is 1.00 e. The third kappa shape index (κ3) is 3.85. The number of hydrogen-bond donors (Lipinski definition) is 2. The first-order valence-electron chi connectivity index (χ1n) is 5.30. The number of aliphatic hydroxyl groups is 1. The molecule has 92 valence electrons. The van der Waals surface area contributed by atoms with Crippen LogP contribution in [0.25, 0.3) is 0 Å². The number of nitrogens with zero attached hydrogens (tertiary/aromatic N) is 1. The Balaban J connectivity index is 0.00000180. The second kappa shape index (κ2) is 7.13. The number of aromatic hydroxyl groups is 1. The third-order valence-electron chi connectivity index (χ3n) is 2.61. The Kier molecular flexibility index (Phi) is 6.12. The zero-order chi connectivity index (χ0) is 13.1. The summed E-state index contributed by atoms with van der Waals surface area (Å²) in [5.41, 5.74) is 0.464. The van der Waals surface area contributed by atoms with Gasteiger partial charge in [-0.25, -0.2) is 0 Å². The molecule has 0 heterocycles. The van der Waals surface area contributed by atoms with Gasteiger partial charge in [0.25, 0.3) is 5.69 Å². The van der Waals surface area contributed by atoms with Gasteiger partial charge >= 0.3 is 51.4 Å². The number of nitro groups is 1. The fraction of sp³-hybridized carbons (Fsp3) is 0.0769. The van der Waals surface area contributed by atoms with Crippen LogP contribution in [0.5, 0.6) is 5.75 Å². The van der Waals surface area contributed by atoms with Gasteiger partial charge in [-0.15, -0.1) is 0 Å². The molecule has 0 aliphatic rings. The van der Waals surface area contributed by atoms with Crippen LogP contribution in [-0.4, -0.2) is 15.1 Å². The van der Waals surface area contributed by atoms with Crippen LogP contribution >= 0.6 is 0 Å². The SMILES string of the molecule is O=[N+]([O-])c1ccccc1C(O)c1cccc(O)c1.[K+]. The van der Waals surface area contributed by atoms with Crippen molar-refractivity contribution in [3.8, 4) is 5.75 Å². The Labute approximate surface area is 152 Å². The summed E-state index contributed by atoms with van der Waals surface area (Å²) in [6.07, 6.45) is -1.14. The summed E-state index contributed by atoms with van der Waals surface area (Å²) in [7, 11) is 0. The van der Waals surface area contributed by atoms with Crippen LogP contribution in [-0.2, 0) is 0 Å². The Bertz CT molecular complexity index is 588. The quantitative estimate of drug-likeness (QED) is 0.447. The number of hydrogen-bond acceptors (Lipinski definition) is 4. The fourth-order valence-electron chi connectivity index (χ4n) is 1.76. The second-order valence-corrected chi connectivity index (χ2v) is 3.81. The van der Waals surface area contributed by atoms with Gasteiger partial charge in [0, 0.05) is 6.07 Å². The second-order valence-electron chi connectivity index (χ2n) is 3.81. The van der Waals surface area contributed by atoms with Crippen molar-refractivity contribution in [2.75, 3.05) is 0 Å². The van der Waals surface area contributed by atoms with Crippen molar-refractivity contribution < 1.29 is 66.5 Å². The Morgan fingerprint density at radius 1 is 1.11 bits per heavy atom. The van der Waals surface area contributed by atoms with Crippen LogP contribution < -0.4 is 51.4 Å². The van der Waals surface area contributed by atoms with Gasteiger partial charge in [-0.2, -0.15) is 0 Å². The molecule has 0 aliphatic heterocycles. The zero-order valence-electron chi connectivity index (χ0n) is 10.4. The molecule has 0 spiro atoms. The van der Waals surface area contributed by atoms with Crippen molar-refractivity contribution in [1.82, 2.24) is 0 Å². The normalized spacial score (nSPS) is 11.4. The van der Waals surface area contributed by atoms with Crippen LogP contribution in [0.3, 0.4) is 0 Å². The predicted octanol–water partition coefficient (Wildman–Crippen LogP) is -0.614. The molecule has 0 fully saturated rings. The average molecular weight is 284 g/mol. The van der Waals surface area contributed by atoms with E-state index in [4.69, 9.17) is 0 Å². The molecule has 1 unspecified atom stereocenters. The summed E-state index contributed by atoms with van der Waals surface area (Å²) < 4.78 is 0. The van der Waals surface area contributed by atoms with E-state index in [1.165, 1.54) is 30.3 Å². The first-order valence-corrected chi connectivity index (χ1v) is 5.30. The van der Waals surface area contributed by atoms with Gasteiger partial charge in [-0.3, -0.25) is 10.1 Å². The number of phenols is 1. The molecule has 0 bridgehead atoms. The smallest absolute Gasteiger partial charge is 0.508 e. The Hall–Kier alpha value is -0.764. The van der Waals surface area contributed by atoms with Gasteiger partial charge in [-0.1, -0.05) is 24.3 Å². The monoisotopic (exact) mass is 284 g/mol. The maximum atomic E-state index is 10.9. The molecule has 0 radical (unpaired) electrons. The minimum atomic E-state index is -1.14. The summed E-state index contributed by atoms with van der Waals surface area (Å²) in [5.74, 6) is 0.00475. The third-order valence-corrected chi connectivity index (χ3v) is 2.61. The summed E-state index contributed by atoms with van der Waals surface area (Å²) in [4.78, 5) is 10.3. The van der Waals surface area contributed by atoms with Crippen molar-refractivity contribution in [2.24, 2.45) is 0 Å². The maximum absolute atomic E-state index is 10.9. The van der Waals surface area contributed by atoms with E-state index in [-0.39, 0.29) is 68.4 Å². The fourth-order valence-corrected chi connectivity index (χ4v) is 1.76. The molecule has 2 aromatic carbocycles.